The first-order valence-electron chi connectivity index (χ1n) is 6.91. The first kappa shape index (κ1) is 14.2. The summed E-state index contributed by atoms with van der Waals surface area (Å²) in [5.74, 6) is 0. The number of sulfonamides is 1. The number of aliphatic hydroxyl groups excluding tert-OH is 1. The third kappa shape index (κ3) is 2.34. The fourth-order valence-corrected chi connectivity index (χ4v) is 4.39. The van der Waals surface area contributed by atoms with Crippen LogP contribution in [0.4, 0.5) is 5.69 Å². The average Bonchev–Trinajstić information content (AvgIpc) is 2.88. The SMILES string of the molecule is Cn1cc(S(=O)(=O)N2CCCc3ccccc32)cc1CO. The van der Waals surface area contributed by atoms with Crippen molar-refractivity contribution in [2.75, 3.05) is 10.8 Å². The lowest BCUT2D eigenvalue weighted by atomic mass is 10.0. The first-order valence-corrected chi connectivity index (χ1v) is 8.35. The molecule has 0 saturated carbocycles. The van der Waals surface area contributed by atoms with E-state index in [1.165, 1.54) is 10.4 Å². The van der Waals surface area contributed by atoms with Crippen LogP contribution in [0.5, 0.6) is 0 Å². The second kappa shape index (κ2) is 5.20. The van der Waals surface area contributed by atoms with E-state index in [2.05, 4.69) is 0 Å². The van der Waals surface area contributed by atoms with Crippen molar-refractivity contribution in [3.05, 3.63) is 47.8 Å². The highest BCUT2D eigenvalue weighted by Gasteiger charge is 2.29. The van der Waals surface area contributed by atoms with Crippen LogP contribution in [0, 0.1) is 0 Å². The van der Waals surface area contributed by atoms with Gasteiger partial charge in [0.25, 0.3) is 10.0 Å². The summed E-state index contributed by atoms with van der Waals surface area (Å²) in [6, 6.07) is 9.15. The fourth-order valence-electron chi connectivity index (χ4n) is 2.75. The van der Waals surface area contributed by atoms with Crippen molar-refractivity contribution < 1.29 is 13.5 Å². The zero-order valence-corrected chi connectivity index (χ0v) is 12.7. The topological polar surface area (TPSA) is 62.5 Å². The molecule has 6 heteroatoms. The van der Waals surface area contributed by atoms with Crippen LogP contribution >= 0.6 is 0 Å². The molecule has 0 amide bonds. The van der Waals surface area contributed by atoms with Gasteiger partial charge in [0.1, 0.15) is 4.90 Å². The molecule has 112 valence electrons. The summed E-state index contributed by atoms with van der Waals surface area (Å²) < 4.78 is 28.8. The van der Waals surface area contributed by atoms with Crippen molar-refractivity contribution in [3.63, 3.8) is 0 Å². The molecule has 0 aliphatic carbocycles. The number of anilines is 1. The van der Waals surface area contributed by atoms with E-state index in [9.17, 15) is 13.5 Å². The highest BCUT2D eigenvalue weighted by atomic mass is 32.2. The summed E-state index contributed by atoms with van der Waals surface area (Å²) >= 11 is 0. The van der Waals surface area contributed by atoms with Crippen molar-refractivity contribution in [1.82, 2.24) is 4.57 Å². The number of nitrogens with zero attached hydrogens (tertiary/aromatic N) is 2. The van der Waals surface area contributed by atoms with Gasteiger partial charge in [0.05, 0.1) is 12.3 Å². The van der Waals surface area contributed by atoms with Crippen LogP contribution in [0.25, 0.3) is 0 Å². The highest BCUT2D eigenvalue weighted by molar-refractivity contribution is 7.92. The predicted octanol–water partition coefficient (Wildman–Crippen LogP) is 1.66. The molecule has 5 nitrogen and oxygen atoms in total. The molecular formula is C15H18N2O3S. The Kier molecular flexibility index (Phi) is 3.51. The van der Waals surface area contributed by atoms with Crippen LogP contribution < -0.4 is 4.31 Å². The van der Waals surface area contributed by atoms with E-state index in [0.717, 1.165) is 24.1 Å². The number of hydrogen-bond donors (Lipinski definition) is 1. The average molecular weight is 306 g/mol. The summed E-state index contributed by atoms with van der Waals surface area (Å²) in [5.41, 5.74) is 2.41. The van der Waals surface area contributed by atoms with Crippen LogP contribution in [0.2, 0.25) is 0 Å². The Morgan fingerprint density at radius 2 is 2.05 bits per heavy atom. The van der Waals surface area contributed by atoms with E-state index < -0.39 is 10.0 Å². The standard InChI is InChI=1S/C15H18N2O3S/c1-16-10-14(9-13(16)11-18)21(19,20)17-8-4-6-12-5-2-3-7-15(12)17/h2-3,5,7,9-10,18H,4,6,8,11H2,1H3. The molecule has 2 heterocycles. The summed E-state index contributed by atoms with van der Waals surface area (Å²) in [6.45, 7) is 0.311. The van der Waals surface area contributed by atoms with Gasteiger partial charge < -0.3 is 9.67 Å². The number of aryl methyl sites for hydroxylation is 2. The molecule has 1 aromatic heterocycles. The second-order valence-corrected chi connectivity index (χ2v) is 7.11. The van der Waals surface area contributed by atoms with E-state index in [-0.39, 0.29) is 11.5 Å². The van der Waals surface area contributed by atoms with Crippen molar-refractivity contribution in [3.8, 4) is 0 Å². The Hall–Kier alpha value is -1.79. The van der Waals surface area contributed by atoms with E-state index in [1.807, 2.05) is 24.3 Å². The minimum absolute atomic E-state index is 0.178. The van der Waals surface area contributed by atoms with Crippen LogP contribution in [-0.4, -0.2) is 24.6 Å². The van der Waals surface area contributed by atoms with Gasteiger partial charge in [0, 0.05) is 25.5 Å². The molecule has 0 radical (unpaired) electrons. The summed E-state index contributed by atoms with van der Waals surface area (Å²) in [4.78, 5) is 0.228. The molecule has 1 aliphatic rings. The van der Waals surface area contributed by atoms with Crippen LogP contribution in [0.3, 0.4) is 0 Å². The van der Waals surface area contributed by atoms with Crippen LogP contribution in [-0.2, 0) is 30.1 Å². The summed E-state index contributed by atoms with van der Waals surface area (Å²) in [5, 5.41) is 9.24. The molecular weight excluding hydrogens is 288 g/mol. The van der Waals surface area contributed by atoms with Crippen molar-refractivity contribution in [2.45, 2.75) is 24.3 Å². The van der Waals surface area contributed by atoms with E-state index in [1.54, 1.807) is 17.8 Å². The molecule has 0 atom stereocenters. The van der Waals surface area contributed by atoms with E-state index in [0.29, 0.717) is 12.2 Å². The van der Waals surface area contributed by atoms with E-state index in [4.69, 9.17) is 0 Å². The Bertz CT molecular complexity index is 765. The molecule has 1 aliphatic heterocycles. The third-order valence-corrected chi connectivity index (χ3v) is 5.68. The first-order chi connectivity index (χ1) is 10.0. The lowest BCUT2D eigenvalue weighted by Gasteiger charge is -2.30. The molecule has 1 N–H and O–H groups in total. The Labute approximate surface area is 124 Å². The maximum atomic E-state index is 12.9. The van der Waals surface area contributed by atoms with Gasteiger partial charge in [0.15, 0.2) is 0 Å². The zero-order valence-electron chi connectivity index (χ0n) is 11.9. The summed E-state index contributed by atoms with van der Waals surface area (Å²) in [7, 11) is -1.85. The number of para-hydroxylation sites is 1. The number of benzene rings is 1. The minimum Gasteiger partial charge on any atom is -0.390 e. The second-order valence-electron chi connectivity index (χ2n) is 5.25. The quantitative estimate of drug-likeness (QED) is 0.938. The van der Waals surface area contributed by atoms with Gasteiger partial charge in [-0.05, 0) is 30.5 Å². The number of aliphatic hydroxyl groups is 1. The minimum atomic E-state index is -3.59. The maximum absolute atomic E-state index is 12.9. The molecule has 21 heavy (non-hydrogen) atoms. The lowest BCUT2D eigenvalue weighted by molar-refractivity contribution is 0.272. The highest BCUT2D eigenvalue weighted by Crippen LogP contribution is 2.32. The van der Waals surface area contributed by atoms with Crippen molar-refractivity contribution >= 4 is 15.7 Å². The number of fused-ring (bicyclic) bond motifs is 1. The monoisotopic (exact) mass is 306 g/mol. The Balaban J connectivity index is 2.07. The van der Waals surface area contributed by atoms with Gasteiger partial charge >= 0.3 is 0 Å². The Morgan fingerprint density at radius 1 is 1.29 bits per heavy atom. The van der Waals surface area contributed by atoms with Gasteiger partial charge in [-0.2, -0.15) is 0 Å². The lowest BCUT2D eigenvalue weighted by Crippen LogP contribution is -2.35. The summed E-state index contributed by atoms with van der Waals surface area (Å²) in [6.07, 6.45) is 3.27. The van der Waals surface area contributed by atoms with Crippen molar-refractivity contribution in [1.29, 1.82) is 0 Å². The van der Waals surface area contributed by atoms with Crippen molar-refractivity contribution in [2.24, 2.45) is 7.05 Å². The smallest absolute Gasteiger partial charge is 0.265 e. The normalized spacial score (nSPS) is 15.0. The van der Waals surface area contributed by atoms with E-state index >= 15 is 0 Å². The molecule has 0 spiro atoms. The van der Waals surface area contributed by atoms with Crippen LogP contribution in [0.1, 0.15) is 17.7 Å². The zero-order chi connectivity index (χ0) is 15.0. The molecule has 0 bridgehead atoms. The number of hydrogen-bond acceptors (Lipinski definition) is 3. The Morgan fingerprint density at radius 3 is 2.76 bits per heavy atom. The largest absolute Gasteiger partial charge is 0.390 e. The number of rotatable bonds is 3. The van der Waals surface area contributed by atoms with Gasteiger partial charge in [-0.25, -0.2) is 8.42 Å². The third-order valence-electron chi connectivity index (χ3n) is 3.90. The molecule has 3 rings (SSSR count). The molecule has 2 aromatic rings. The molecule has 0 fully saturated rings. The van der Waals surface area contributed by atoms with Crippen LogP contribution in [0.15, 0.2) is 41.4 Å². The van der Waals surface area contributed by atoms with Gasteiger partial charge in [-0.3, -0.25) is 4.31 Å². The van der Waals surface area contributed by atoms with Gasteiger partial charge in [-0.1, -0.05) is 18.2 Å². The molecule has 0 unspecified atom stereocenters. The molecule has 1 aromatic carbocycles. The van der Waals surface area contributed by atoms with Gasteiger partial charge in [0.2, 0.25) is 0 Å². The molecule has 0 saturated heterocycles. The fraction of sp³-hybridized carbons (Fsp3) is 0.333. The van der Waals surface area contributed by atoms with Gasteiger partial charge in [-0.15, -0.1) is 0 Å². The predicted molar refractivity (Wildman–Crippen MR) is 80.6 cm³/mol. The maximum Gasteiger partial charge on any atom is 0.265 e. The number of aromatic nitrogens is 1.